The molecule has 2 N–H and O–H groups in total. The summed E-state index contributed by atoms with van der Waals surface area (Å²) in [6.45, 7) is 4.33. The topological polar surface area (TPSA) is 92.3 Å². The molecule has 0 saturated carbocycles. The lowest BCUT2D eigenvalue weighted by molar-refractivity contribution is -0.116. The third-order valence-electron chi connectivity index (χ3n) is 1.27. The molecule has 0 aliphatic heterocycles. The summed E-state index contributed by atoms with van der Waals surface area (Å²) in [5.74, 6) is 0.743. The van der Waals surface area contributed by atoms with Gasteiger partial charge in [0.1, 0.15) is 5.78 Å². The molecule has 0 rings (SSSR count). The second kappa shape index (κ2) is 15.6. The number of nitrogens with one attached hydrogen (secondary N) is 2. The molecule has 0 bridgehead atoms. The Bertz CT molecular complexity index is 376. The van der Waals surface area contributed by atoms with Gasteiger partial charge in [-0.25, -0.2) is 13.1 Å². The van der Waals surface area contributed by atoms with Crippen molar-refractivity contribution in [2.75, 3.05) is 32.6 Å². The van der Waals surface area contributed by atoms with Gasteiger partial charge in [-0.05, 0) is 21.0 Å². The first-order chi connectivity index (χ1) is 9.46. The van der Waals surface area contributed by atoms with E-state index in [0.29, 0.717) is 18.7 Å². The zero-order chi connectivity index (χ0) is 17.5. The van der Waals surface area contributed by atoms with Crippen molar-refractivity contribution in [3.8, 4) is 0 Å². The average molecular weight is 318 g/mol. The highest BCUT2D eigenvalue weighted by Crippen LogP contribution is 1.98. The van der Waals surface area contributed by atoms with Crippen LogP contribution in [-0.4, -0.2) is 51.9 Å². The number of thioether (sulfide) groups is 1. The number of ketones is 1. The maximum atomic E-state index is 10.5. The van der Waals surface area contributed by atoms with Crippen molar-refractivity contribution in [2.24, 2.45) is 0 Å². The Kier molecular flexibility index (Phi) is 15.3. The average Bonchev–Trinajstić information content (AvgIpc) is 2.34. The molecule has 0 heterocycles. The van der Waals surface area contributed by atoms with Crippen LogP contribution >= 0.6 is 11.8 Å². The van der Waals surface area contributed by atoms with Gasteiger partial charge in [0.2, 0.25) is 10.0 Å². The molecule has 0 aromatic heterocycles. The highest BCUT2D eigenvalue weighted by molar-refractivity contribution is 8.13. The predicted molar refractivity (Wildman–Crippen MR) is 81.9 cm³/mol. The number of hydrogen-bond acceptors (Lipinski definition) is 6. The minimum Gasteiger partial charge on any atom is -0.323 e. The monoisotopic (exact) mass is 318 g/mol. The Morgan fingerprint density at radius 1 is 1.32 bits per heavy atom. The molecule has 0 aliphatic rings. The van der Waals surface area contributed by atoms with E-state index in [2.05, 4.69) is 10.0 Å². The maximum Gasteiger partial charge on any atom is 0.208 e. The molecule has 8 heteroatoms. The fourth-order valence-corrected chi connectivity index (χ4v) is 1.52. The molecule has 6 nitrogen and oxygen atoms in total. The molecule has 0 atom stereocenters. The van der Waals surface area contributed by atoms with Crippen LogP contribution in [0.25, 0.3) is 0 Å². The van der Waals surface area contributed by atoms with Crippen LogP contribution < -0.4 is 10.0 Å². The van der Waals surface area contributed by atoms with E-state index in [1.165, 1.54) is 6.92 Å². The molecular weight excluding hydrogens is 288 g/mol. The quantitative estimate of drug-likeness (QED) is 0.723. The van der Waals surface area contributed by atoms with E-state index in [1.54, 1.807) is 14.0 Å². The summed E-state index contributed by atoms with van der Waals surface area (Å²) >= 11 is 1.11. The normalized spacial score (nSPS) is 11.3. The van der Waals surface area contributed by atoms with Gasteiger partial charge in [0, 0.05) is 28.4 Å². The van der Waals surface area contributed by atoms with E-state index in [1.807, 2.05) is 6.92 Å². The molecular formula is C11H26N2O4S2. The second-order valence-corrected chi connectivity index (χ2v) is 6.46. The van der Waals surface area contributed by atoms with Crippen LogP contribution in [0.4, 0.5) is 0 Å². The second-order valence-electron chi connectivity index (χ2n) is 3.35. The van der Waals surface area contributed by atoms with E-state index in [4.69, 9.17) is 2.74 Å². The van der Waals surface area contributed by atoms with Crippen LogP contribution in [0.15, 0.2) is 0 Å². The molecule has 0 aliphatic carbocycles. The molecule has 0 spiro atoms. The van der Waals surface area contributed by atoms with E-state index in [9.17, 15) is 18.0 Å². The van der Waals surface area contributed by atoms with Crippen molar-refractivity contribution in [1.82, 2.24) is 10.0 Å². The Morgan fingerprint density at radius 2 is 1.74 bits per heavy atom. The van der Waals surface area contributed by atoms with Gasteiger partial charge in [-0.15, -0.1) is 0 Å². The Morgan fingerprint density at radius 3 is 1.95 bits per heavy atom. The highest BCUT2D eigenvalue weighted by Gasteiger charge is 1.99. The summed E-state index contributed by atoms with van der Waals surface area (Å²) in [5.41, 5.74) is 0. The van der Waals surface area contributed by atoms with E-state index >= 15 is 0 Å². The molecule has 0 radical (unpaired) electrons. The Labute approximate surface area is 124 Å². The molecule has 0 fully saturated rings. The Hall–Kier alpha value is -0.440. The zero-order valence-corrected chi connectivity index (χ0v) is 13.8. The number of carbonyl (C=O) groups excluding carboxylic acids is 2. The molecule has 19 heavy (non-hydrogen) atoms. The molecule has 0 unspecified atom stereocenters. The lowest BCUT2D eigenvalue weighted by Gasteiger charge is -1.98. The third-order valence-corrected chi connectivity index (χ3v) is 2.81. The van der Waals surface area contributed by atoms with Crippen molar-refractivity contribution in [3.63, 3.8) is 0 Å². The minimum absolute atomic E-state index is 0.000279. The smallest absolute Gasteiger partial charge is 0.208 e. The predicted octanol–water partition coefficient (Wildman–Crippen LogP) is 0.636. The van der Waals surface area contributed by atoms with Gasteiger partial charge in [-0.1, -0.05) is 18.7 Å². The standard InChI is InChI=1S/C5H11NO3S2.C4H8O.C2H7N/c1-5(7)10-4-3-6-11(2,8)9;1-3-4(2)5;1-3-2/h6H,3-4H2,1-2H3;3H2,1-2H3;3H,1-2H3/i;;1T2. The third kappa shape index (κ3) is 46.5. The summed E-state index contributed by atoms with van der Waals surface area (Å²) < 4.78 is 36.0. The first kappa shape index (κ1) is 18.6. The van der Waals surface area contributed by atoms with Gasteiger partial charge in [-0.3, -0.25) is 4.79 Å². The van der Waals surface area contributed by atoms with Crippen molar-refractivity contribution in [2.45, 2.75) is 27.2 Å². The summed E-state index contributed by atoms with van der Waals surface area (Å²) in [6, 6.07) is 0. The summed E-state index contributed by atoms with van der Waals surface area (Å²) in [6.07, 6.45) is 1.76. The number of carbonyl (C=O) groups is 2. The van der Waals surface area contributed by atoms with Gasteiger partial charge in [0.25, 0.3) is 0 Å². The van der Waals surface area contributed by atoms with Gasteiger partial charge in [0.15, 0.2) is 5.12 Å². The highest BCUT2D eigenvalue weighted by atomic mass is 32.2. The van der Waals surface area contributed by atoms with Gasteiger partial charge < -0.3 is 10.1 Å². The van der Waals surface area contributed by atoms with Crippen LogP contribution in [0.2, 0.25) is 0 Å². The molecule has 0 saturated heterocycles. The van der Waals surface area contributed by atoms with Crippen molar-refractivity contribution >= 4 is 32.7 Å². The maximum absolute atomic E-state index is 10.5. The SMILES string of the molecule is CC(=O)SCCNS(C)(=O)=O.CCC(C)=O.[3H]C([3H])NC. The number of Topliss-reactive ketones (excluding diaryl/α,β-unsaturated/α-hetero) is 1. The van der Waals surface area contributed by atoms with Crippen molar-refractivity contribution in [3.05, 3.63) is 0 Å². The Balaban J connectivity index is -0.000000270. The fraction of sp³-hybridized carbons (Fsp3) is 0.818. The molecule has 0 aromatic rings. The largest absolute Gasteiger partial charge is 0.323 e. The lowest BCUT2D eigenvalue weighted by atomic mass is 10.4. The number of sulfonamides is 1. The van der Waals surface area contributed by atoms with Gasteiger partial charge in [0.05, 0.1) is 6.26 Å². The van der Waals surface area contributed by atoms with Gasteiger partial charge in [-0.2, -0.15) is 0 Å². The number of rotatable bonds is 5. The van der Waals surface area contributed by atoms with Gasteiger partial charge >= 0.3 is 0 Å². The molecule has 0 amide bonds. The lowest BCUT2D eigenvalue weighted by Crippen LogP contribution is -2.24. The van der Waals surface area contributed by atoms with Crippen LogP contribution in [0, 0.1) is 0 Å². The van der Waals surface area contributed by atoms with Crippen LogP contribution in [0.3, 0.4) is 0 Å². The van der Waals surface area contributed by atoms with Crippen LogP contribution in [0.1, 0.15) is 29.9 Å². The summed E-state index contributed by atoms with van der Waals surface area (Å²) in [7, 11) is -1.52. The summed E-state index contributed by atoms with van der Waals surface area (Å²) in [4.78, 5) is 20.2. The molecule has 116 valence electrons. The van der Waals surface area contributed by atoms with E-state index < -0.39 is 17.0 Å². The zero-order valence-electron chi connectivity index (χ0n) is 14.1. The van der Waals surface area contributed by atoms with Crippen molar-refractivity contribution in [1.29, 1.82) is 0 Å². The van der Waals surface area contributed by atoms with E-state index in [-0.39, 0.29) is 10.9 Å². The van der Waals surface area contributed by atoms with Crippen LogP contribution in [-0.2, 0) is 19.6 Å². The molecule has 0 aromatic carbocycles. The van der Waals surface area contributed by atoms with Crippen LogP contribution in [0.5, 0.6) is 0 Å². The van der Waals surface area contributed by atoms with Crippen molar-refractivity contribution < 1.29 is 20.7 Å². The first-order valence-corrected chi connectivity index (χ1v) is 8.43. The number of hydrogen-bond donors (Lipinski definition) is 2. The summed E-state index contributed by atoms with van der Waals surface area (Å²) in [5, 5.41) is 2.36. The fourth-order valence-electron chi connectivity index (χ4n) is 0.422. The first-order valence-electron chi connectivity index (χ1n) is 6.70. The van der Waals surface area contributed by atoms with E-state index in [0.717, 1.165) is 18.0 Å². The minimum atomic E-state index is -3.10.